The van der Waals surface area contributed by atoms with Gasteiger partial charge in [-0.25, -0.2) is 0 Å². The summed E-state index contributed by atoms with van der Waals surface area (Å²) in [5.74, 6) is 0. The van der Waals surface area contributed by atoms with Crippen LogP contribution in [-0.2, 0) is 6.54 Å². The van der Waals surface area contributed by atoms with Gasteiger partial charge >= 0.3 is 0 Å². The highest BCUT2D eigenvalue weighted by atomic mass is 79.9. The maximum absolute atomic E-state index is 3.67. The zero-order chi connectivity index (χ0) is 12.6. The lowest BCUT2D eigenvalue weighted by molar-refractivity contribution is 0.403. The lowest BCUT2D eigenvalue weighted by Crippen LogP contribution is -2.10. The fourth-order valence-corrected chi connectivity index (χ4v) is 2.85. The summed E-state index contributed by atoms with van der Waals surface area (Å²) in [6.45, 7) is 5.42. The van der Waals surface area contributed by atoms with Gasteiger partial charge in [-0.15, -0.1) is 0 Å². The molecule has 0 saturated heterocycles. The highest BCUT2D eigenvalue weighted by Gasteiger charge is 2.13. The molecule has 17 heavy (non-hydrogen) atoms. The van der Waals surface area contributed by atoms with Gasteiger partial charge in [-0.3, -0.25) is 0 Å². The molecule has 1 aromatic carbocycles. The van der Waals surface area contributed by atoms with E-state index in [1.54, 1.807) is 0 Å². The monoisotopic (exact) mass is 294 g/mol. The van der Waals surface area contributed by atoms with Crippen LogP contribution in [0.15, 0.2) is 28.9 Å². The van der Waals surface area contributed by atoms with Crippen LogP contribution in [0.4, 0.5) is 0 Å². The Morgan fingerprint density at radius 2 is 2.00 bits per heavy atom. The molecular weight excluding hydrogens is 276 g/mol. The third kappa shape index (κ3) is 2.40. The van der Waals surface area contributed by atoms with Crippen LogP contribution in [0.25, 0.3) is 10.9 Å². The van der Waals surface area contributed by atoms with Crippen LogP contribution in [-0.4, -0.2) is 23.6 Å². The molecule has 92 valence electrons. The van der Waals surface area contributed by atoms with E-state index in [1.807, 2.05) is 0 Å². The topological polar surface area (TPSA) is 8.17 Å². The molecule has 2 aromatic rings. The molecule has 0 saturated carbocycles. The van der Waals surface area contributed by atoms with Gasteiger partial charge in [0.15, 0.2) is 0 Å². The number of hydrogen-bond acceptors (Lipinski definition) is 1. The number of fused-ring (bicyclic) bond motifs is 1. The minimum atomic E-state index is 0.489. The number of halogens is 1. The third-order valence-electron chi connectivity index (χ3n) is 2.93. The Hall–Kier alpha value is -0.800. The summed E-state index contributed by atoms with van der Waals surface area (Å²) < 4.78 is 3.53. The van der Waals surface area contributed by atoms with Crippen molar-refractivity contribution < 1.29 is 0 Å². The molecule has 0 unspecified atom stereocenters. The summed E-state index contributed by atoms with van der Waals surface area (Å²) in [4.78, 5) is 2.21. The summed E-state index contributed by atoms with van der Waals surface area (Å²) in [5, 5.41) is 1.34. The van der Waals surface area contributed by atoms with E-state index in [9.17, 15) is 0 Å². The van der Waals surface area contributed by atoms with E-state index in [0.717, 1.165) is 6.54 Å². The molecule has 0 radical (unpaired) electrons. The Balaban J connectivity index is 2.67. The van der Waals surface area contributed by atoms with Crippen molar-refractivity contribution in [2.24, 2.45) is 0 Å². The van der Waals surface area contributed by atoms with E-state index in [-0.39, 0.29) is 0 Å². The first-order valence-corrected chi connectivity index (χ1v) is 6.72. The van der Waals surface area contributed by atoms with E-state index in [0.29, 0.717) is 6.04 Å². The van der Waals surface area contributed by atoms with Gasteiger partial charge in [0.25, 0.3) is 0 Å². The quantitative estimate of drug-likeness (QED) is 0.829. The smallest absolute Gasteiger partial charge is 0.0497 e. The van der Waals surface area contributed by atoms with Crippen molar-refractivity contribution in [1.82, 2.24) is 9.47 Å². The number of nitrogens with zero attached hydrogens (tertiary/aromatic N) is 2. The lowest BCUT2D eigenvalue weighted by atomic mass is 10.2. The third-order valence-corrected chi connectivity index (χ3v) is 3.59. The predicted molar refractivity (Wildman–Crippen MR) is 77.4 cm³/mol. The van der Waals surface area contributed by atoms with Gasteiger partial charge in [-0.2, -0.15) is 0 Å². The summed E-state index contributed by atoms with van der Waals surface area (Å²) >= 11 is 3.67. The van der Waals surface area contributed by atoms with Crippen molar-refractivity contribution in [3.63, 3.8) is 0 Å². The van der Waals surface area contributed by atoms with Crippen molar-refractivity contribution in [2.75, 3.05) is 14.1 Å². The van der Waals surface area contributed by atoms with Crippen molar-refractivity contribution in [1.29, 1.82) is 0 Å². The Morgan fingerprint density at radius 1 is 1.29 bits per heavy atom. The van der Waals surface area contributed by atoms with E-state index in [1.165, 1.54) is 20.9 Å². The lowest BCUT2D eigenvalue weighted by Gasteiger charge is -2.09. The molecule has 0 fully saturated rings. The molecule has 3 heteroatoms. The van der Waals surface area contributed by atoms with Crippen molar-refractivity contribution in [3.05, 3.63) is 34.4 Å². The first-order chi connectivity index (χ1) is 8.00. The van der Waals surface area contributed by atoms with E-state index in [2.05, 4.69) is 77.7 Å². The molecule has 0 bridgehead atoms. The van der Waals surface area contributed by atoms with Gasteiger partial charge in [0, 0.05) is 34.2 Å². The van der Waals surface area contributed by atoms with E-state index >= 15 is 0 Å². The Labute approximate surface area is 111 Å². The van der Waals surface area contributed by atoms with Crippen LogP contribution in [0, 0.1) is 0 Å². The molecular formula is C14H19BrN2. The molecule has 0 aliphatic rings. The zero-order valence-corrected chi connectivity index (χ0v) is 12.5. The molecule has 0 N–H and O–H groups in total. The second-order valence-corrected chi connectivity index (χ2v) is 5.88. The summed E-state index contributed by atoms with van der Waals surface area (Å²) in [5.41, 5.74) is 2.69. The van der Waals surface area contributed by atoms with E-state index < -0.39 is 0 Å². The van der Waals surface area contributed by atoms with Crippen LogP contribution in [0.5, 0.6) is 0 Å². The number of rotatable bonds is 3. The number of hydrogen-bond donors (Lipinski definition) is 0. The minimum Gasteiger partial charge on any atom is -0.345 e. The molecule has 1 aromatic heterocycles. The second kappa shape index (κ2) is 4.83. The molecule has 2 rings (SSSR count). The molecule has 0 aliphatic heterocycles. The van der Waals surface area contributed by atoms with Gasteiger partial charge in [0.1, 0.15) is 0 Å². The van der Waals surface area contributed by atoms with Gasteiger partial charge in [0.2, 0.25) is 0 Å². The van der Waals surface area contributed by atoms with Crippen LogP contribution in [0.1, 0.15) is 25.5 Å². The maximum Gasteiger partial charge on any atom is 0.0497 e. The van der Waals surface area contributed by atoms with Gasteiger partial charge in [0.05, 0.1) is 0 Å². The second-order valence-electron chi connectivity index (χ2n) is 5.03. The fourth-order valence-electron chi connectivity index (χ4n) is 2.24. The summed E-state index contributed by atoms with van der Waals surface area (Å²) in [6, 6.07) is 6.90. The first-order valence-electron chi connectivity index (χ1n) is 5.93. The molecule has 0 amide bonds. The largest absolute Gasteiger partial charge is 0.345 e. The van der Waals surface area contributed by atoms with Crippen molar-refractivity contribution >= 4 is 26.8 Å². The van der Waals surface area contributed by atoms with Crippen LogP contribution in [0.2, 0.25) is 0 Å². The average molecular weight is 295 g/mol. The first kappa shape index (κ1) is 12.7. The summed E-state index contributed by atoms with van der Waals surface area (Å²) in [6.07, 6.45) is 2.28. The van der Waals surface area contributed by atoms with Gasteiger partial charge in [-0.1, -0.05) is 22.0 Å². The van der Waals surface area contributed by atoms with Crippen molar-refractivity contribution in [3.8, 4) is 0 Å². The molecule has 0 aliphatic carbocycles. The van der Waals surface area contributed by atoms with Crippen LogP contribution in [0.3, 0.4) is 0 Å². The van der Waals surface area contributed by atoms with Crippen LogP contribution >= 0.6 is 15.9 Å². The molecule has 2 nitrogen and oxygen atoms in total. The standard InChI is InChI=1S/C14H19BrN2/c1-10(2)17-9-11(8-16(3)4)14-12(15)6-5-7-13(14)17/h5-7,9-10H,8H2,1-4H3. The Bertz CT molecular complexity index is 526. The maximum atomic E-state index is 3.67. The average Bonchev–Trinajstić information content (AvgIpc) is 2.57. The Morgan fingerprint density at radius 3 is 2.59 bits per heavy atom. The molecule has 1 heterocycles. The molecule has 0 atom stereocenters. The normalized spacial score (nSPS) is 11.9. The van der Waals surface area contributed by atoms with E-state index in [4.69, 9.17) is 0 Å². The van der Waals surface area contributed by atoms with Crippen LogP contribution < -0.4 is 0 Å². The highest BCUT2D eigenvalue weighted by Crippen LogP contribution is 2.31. The Kier molecular flexibility index (Phi) is 3.59. The van der Waals surface area contributed by atoms with Crippen molar-refractivity contribution in [2.45, 2.75) is 26.4 Å². The minimum absolute atomic E-state index is 0.489. The number of benzene rings is 1. The highest BCUT2D eigenvalue weighted by molar-refractivity contribution is 9.10. The van der Waals surface area contributed by atoms with Gasteiger partial charge < -0.3 is 9.47 Å². The molecule has 0 spiro atoms. The summed E-state index contributed by atoms with van der Waals surface area (Å²) in [7, 11) is 4.21. The fraction of sp³-hybridized carbons (Fsp3) is 0.429. The number of aromatic nitrogens is 1. The predicted octanol–water partition coefficient (Wildman–Crippen LogP) is 4.05. The SMILES string of the molecule is CC(C)n1cc(CN(C)C)c2c(Br)cccc21. The zero-order valence-electron chi connectivity index (χ0n) is 10.9. The van der Waals surface area contributed by atoms with Gasteiger partial charge in [-0.05, 0) is 45.6 Å².